The summed E-state index contributed by atoms with van der Waals surface area (Å²) >= 11 is 12.1. The molecule has 2 aromatic carbocycles. The van der Waals surface area contributed by atoms with Gasteiger partial charge in [0.1, 0.15) is 5.82 Å². The summed E-state index contributed by atoms with van der Waals surface area (Å²) in [6.07, 6.45) is 0. The lowest BCUT2D eigenvalue weighted by atomic mass is 10.2. The first-order valence-electron chi connectivity index (χ1n) is 8.17. The van der Waals surface area contributed by atoms with Crippen molar-refractivity contribution in [3.05, 3.63) is 57.8 Å². The maximum Gasteiger partial charge on any atom is 0.206 e. The zero-order chi connectivity index (χ0) is 17.4. The molecule has 7 heteroatoms. The van der Waals surface area contributed by atoms with Crippen LogP contribution in [0.25, 0.3) is 11.0 Å². The molecule has 0 bridgehead atoms. The molecule has 25 heavy (non-hydrogen) atoms. The Morgan fingerprint density at radius 1 is 1.08 bits per heavy atom. The lowest BCUT2D eigenvalue weighted by molar-refractivity contribution is 0.571. The summed E-state index contributed by atoms with van der Waals surface area (Å²) in [4.78, 5) is 7.07. The van der Waals surface area contributed by atoms with E-state index in [0.29, 0.717) is 11.6 Å². The van der Waals surface area contributed by atoms with Gasteiger partial charge in [0.05, 0.1) is 22.6 Å². The van der Waals surface area contributed by atoms with Gasteiger partial charge in [0, 0.05) is 31.2 Å². The van der Waals surface area contributed by atoms with E-state index in [-0.39, 0.29) is 5.02 Å². The molecule has 1 fully saturated rings. The zero-order valence-electron chi connectivity index (χ0n) is 13.5. The molecule has 4 rings (SSSR count). The summed E-state index contributed by atoms with van der Waals surface area (Å²) in [6, 6.07) is 10.5. The third kappa shape index (κ3) is 3.32. The number of imidazole rings is 1. The third-order valence-electron chi connectivity index (χ3n) is 4.41. The van der Waals surface area contributed by atoms with E-state index < -0.39 is 5.82 Å². The molecule has 4 nitrogen and oxygen atoms in total. The van der Waals surface area contributed by atoms with Crippen molar-refractivity contribution in [2.24, 2.45) is 0 Å². The van der Waals surface area contributed by atoms with Crippen molar-refractivity contribution < 1.29 is 4.39 Å². The van der Waals surface area contributed by atoms with E-state index in [1.807, 2.05) is 18.2 Å². The van der Waals surface area contributed by atoms with E-state index >= 15 is 0 Å². The van der Waals surface area contributed by atoms with Gasteiger partial charge >= 0.3 is 0 Å². The van der Waals surface area contributed by atoms with Gasteiger partial charge in [-0.25, -0.2) is 9.37 Å². The largest absolute Gasteiger partial charge is 0.340 e. The summed E-state index contributed by atoms with van der Waals surface area (Å²) in [5, 5.41) is 4.14. The van der Waals surface area contributed by atoms with Crippen LogP contribution in [0, 0.1) is 5.82 Å². The van der Waals surface area contributed by atoms with Crippen molar-refractivity contribution in [3.63, 3.8) is 0 Å². The highest BCUT2D eigenvalue weighted by Crippen LogP contribution is 2.27. The number of fused-ring (bicyclic) bond motifs is 1. The monoisotopic (exact) mass is 378 g/mol. The minimum absolute atomic E-state index is 0.128. The minimum atomic E-state index is -0.411. The van der Waals surface area contributed by atoms with Gasteiger partial charge < -0.3 is 14.8 Å². The first kappa shape index (κ1) is 16.6. The van der Waals surface area contributed by atoms with E-state index in [0.717, 1.165) is 48.7 Å². The van der Waals surface area contributed by atoms with Crippen LogP contribution in [0.15, 0.2) is 36.4 Å². The first-order chi connectivity index (χ1) is 12.1. The Bertz CT molecular complexity index is 919. The van der Waals surface area contributed by atoms with E-state index in [9.17, 15) is 4.39 Å². The molecular formula is C18H17Cl2FN4. The van der Waals surface area contributed by atoms with Gasteiger partial charge in [-0.05, 0) is 35.9 Å². The molecule has 2 heterocycles. The van der Waals surface area contributed by atoms with Gasteiger partial charge in [-0.2, -0.15) is 0 Å². The number of piperazine rings is 1. The van der Waals surface area contributed by atoms with Crippen molar-refractivity contribution in [3.8, 4) is 0 Å². The summed E-state index contributed by atoms with van der Waals surface area (Å²) in [5.41, 5.74) is 2.77. The van der Waals surface area contributed by atoms with Crippen LogP contribution in [0.3, 0.4) is 0 Å². The Labute approximate surface area is 155 Å². The average Bonchev–Trinajstić information content (AvgIpc) is 2.97. The number of hydrogen-bond acceptors (Lipinski definition) is 3. The molecule has 1 aliphatic heterocycles. The number of aromatic nitrogens is 2. The van der Waals surface area contributed by atoms with Crippen molar-refractivity contribution in [1.29, 1.82) is 0 Å². The van der Waals surface area contributed by atoms with Gasteiger partial charge in [-0.15, -0.1) is 0 Å². The molecular weight excluding hydrogens is 362 g/mol. The van der Waals surface area contributed by atoms with Crippen LogP contribution < -0.4 is 10.2 Å². The van der Waals surface area contributed by atoms with Crippen LogP contribution in [-0.2, 0) is 6.54 Å². The normalized spacial score (nSPS) is 15.1. The molecule has 1 saturated heterocycles. The van der Waals surface area contributed by atoms with Crippen LogP contribution in [0.4, 0.5) is 10.3 Å². The van der Waals surface area contributed by atoms with Crippen molar-refractivity contribution >= 4 is 40.2 Å². The SMILES string of the molecule is Fc1ccc(Cn2c(N3CCNCC3)nc3ccc(Cl)cc32)cc1Cl. The van der Waals surface area contributed by atoms with E-state index in [4.69, 9.17) is 28.2 Å². The number of nitrogens with zero attached hydrogens (tertiary/aromatic N) is 3. The summed E-state index contributed by atoms with van der Waals surface area (Å²) in [5.74, 6) is 0.491. The highest BCUT2D eigenvalue weighted by atomic mass is 35.5. The Hall–Kier alpha value is -1.82. The first-order valence-corrected chi connectivity index (χ1v) is 8.93. The van der Waals surface area contributed by atoms with Crippen LogP contribution in [0.5, 0.6) is 0 Å². The molecule has 0 unspecified atom stereocenters. The molecule has 3 aromatic rings. The standard InChI is InChI=1S/C18H17Cl2FN4/c19-13-2-4-16-17(10-13)25(11-12-1-3-15(21)14(20)9-12)18(23-16)24-7-5-22-6-8-24/h1-4,9-10,22H,5-8,11H2. The van der Waals surface area contributed by atoms with E-state index in [2.05, 4.69) is 14.8 Å². The van der Waals surface area contributed by atoms with Crippen molar-refractivity contribution in [1.82, 2.24) is 14.9 Å². The lowest BCUT2D eigenvalue weighted by Crippen LogP contribution is -2.44. The fraction of sp³-hybridized carbons (Fsp3) is 0.278. The molecule has 0 amide bonds. The Kier molecular flexibility index (Phi) is 4.54. The summed E-state index contributed by atoms with van der Waals surface area (Å²) < 4.78 is 15.6. The highest BCUT2D eigenvalue weighted by Gasteiger charge is 2.19. The van der Waals surface area contributed by atoms with Gasteiger partial charge in [0.25, 0.3) is 0 Å². The second-order valence-corrected chi connectivity index (χ2v) is 6.96. The molecule has 0 radical (unpaired) electrons. The van der Waals surface area contributed by atoms with Crippen molar-refractivity contribution in [2.45, 2.75) is 6.54 Å². The molecule has 0 saturated carbocycles. The Balaban J connectivity index is 1.80. The minimum Gasteiger partial charge on any atom is -0.340 e. The van der Waals surface area contributed by atoms with Crippen LogP contribution in [-0.4, -0.2) is 35.7 Å². The second kappa shape index (κ2) is 6.83. The van der Waals surface area contributed by atoms with Crippen LogP contribution in [0.1, 0.15) is 5.56 Å². The topological polar surface area (TPSA) is 33.1 Å². The molecule has 0 aliphatic carbocycles. The third-order valence-corrected chi connectivity index (χ3v) is 4.94. The highest BCUT2D eigenvalue weighted by molar-refractivity contribution is 6.31. The lowest BCUT2D eigenvalue weighted by Gasteiger charge is -2.29. The Morgan fingerprint density at radius 2 is 1.88 bits per heavy atom. The molecule has 0 atom stereocenters. The quantitative estimate of drug-likeness (QED) is 0.749. The molecule has 1 aliphatic rings. The number of halogens is 3. The molecule has 130 valence electrons. The van der Waals surface area contributed by atoms with Crippen LogP contribution in [0.2, 0.25) is 10.0 Å². The molecule has 1 aromatic heterocycles. The van der Waals surface area contributed by atoms with Gasteiger partial charge in [0.15, 0.2) is 0 Å². The number of rotatable bonds is 3. The number of benzene rings is 2. The summed E-state index contributed by atoms with van der Waals surface area (Å²) in [6.45, 7) is 4.18. The van der Waals surface area contributed by atoms with Crippen LogP contribution >= 0.6 is 23.2 Å². The predicted octanol–water partition coefficient (Wildman–Crippen LogP) is 3.94. The zero-order valence-corrected chi connectivity index (χ0v) is 15.0. The van der Waals surface area contributed by atoms with Crippen molar-refractivity contribution in [2.75, 3.05) is 31.1 Å². The molecule has 0 spiro atoms. The van der Waals surface area contributed by atoms with E-state index in [1.165, 1.54) is 6.07 Å². The van der Waals surface area contributed by atoms with Gasteiger partial charge in [-0.3, -0.25) is 0 Å². The van der Waals surface area contributed by atoms with Gasteiger partial charge in [-0.1, -0.05) is 29.3 Å². The average molecular weight is 379 g/mol. The van der Waals surface area contributed by atoms with E-state index in [1.54, 1.807) is 12.1 Å². The maximum atomic E-state index is 13.5. The van der Waals surface area contributed by atoms with Gasteiger partial charge in [0.2, 0.25) is 5.95 Å². The number of anilines is 1. The predicted molar refractivity (Wildman–Crippen MR) is 100 cm³/mol. The summed E-state index contributed by atoms with van der Waals surface area (Å²) in [7, 11) is 0. The smallest absolute Gasteiger partial charge is 0.206 e. The number of hydrogen-bond donors (Lipinski definition) is 1. The maximum absolute atomic E-state index is 13.5. The Morgan fingerprint density at radius 3 is 2.64 bits per heavy atom. The fourth-order valence-electron chi connectivity index (χ4n) is 3.17. The second-order valence-electron chi connectivity index (χ2n) is 6.12. The fourth-order valence-corrected chi connectivity index (χ4v) is 3.54. The number of nitrogens with one attached hydrogen (secondary N) is 1. The molecule has 1 N–H and O–H groups in total.